The van der Waals surface area contributed by atoms with Crippen molar-refractivity contribution in [1.82, 2.24) is 41.0 Å². The molecule has 0 unspecified atom stereocenters. The molecule has 2 amide bonds. The minimum atomic E-state index is -0.436. The Labute approximate surface area is 169 Å². The van der Waals surface area contributed by atoms with Gasteiger partial charge in [0.15, 0.2) is 11.6 Å². The van der Waals surface area contributed by atoms with E-state index >= 15 is 0 Å². The van der Waals surface area contributed by atoms with Gasteiger partial charge in [-0.15, -0.1) is 0 Å². The number of hydrogen-bond donors (Lipinski definition) is 4. The molecule has 2 heterocycles. The first kappa shape index (κ1) is 19.2. The van der Waals surface area contributed by atoms with E-state index < -0.39 is 6.03 Å². The van der Waals surface area contributed by atoms with Crippen molar-refractivity contribution < 1.29 is 13.6 Å². The van der Waals surface area contributed by atoms with Crippen molar-refractivity contribution >= 4 is 6.03 Å². The maximum Gasteiger partial charge on any atom is 0.315 e. The van der Waals surface area contributed by atoms with Crippen molar-refractivity contribution in [2.75, 3.05) is 0 Å². The zero-order valence-electron chi connectivity index (χ0n) is 15.5. The fraction of sp³-hybridized carbons (Fsp3) is 0.105. The summed E-state index contributed by atoms with van der Waals surface area (Å²) in [4.78, 5) is 20.5. The lowest BCUT2D eigenvalue weighted by Gasteiger charge is -2.04. The lowest BCUT2D eigenvalue weighted by molar-refractivity contribution is 0.239. The minimum Gasteiger partial charge on any atom is -0.331 e. The van der Waals surface area contributed by atoms with Crippen LogP contribution in [0.1, 0.15) is 11.6 Å². The van der Waals surface area contributed by atoms with Crippen molar-refractivity contribution in [2.45, 2.75) is 13.1 Å². The van der Waals surface area contributed by atoms with Gasteiger partial charge < -0.3 is 10.6 Å². The average molecular weight is 410 g/mol. The highest BCUT2D eigenvalue weighted by atomic mass is 19.1. The summed E-state index contributed by atoms with van der Waals surface area (Å²) in [5.74, 6) is 1.02. The van der Waals surface area contributed by atoms with Gasteiger partial charge in [0.25, 0.3) is 0 Å². The summed E-state index contributed by atoms with van der Waals surface area (Å²) in [6.07, 6.45) is 0. The average Bonchev–Trinajstić information content (AvgIpc) is 3.42. The maximum absolute atomic E-state index is 13.0. The zero-order chi connectivity index (χ0) is 20.9. The molecule has 0 aliphatic rings. The number of rotatable bonds is 6. The van der Waals surface area contributed by atoms with Crippen molar-refractivity contribution in [1.29, 1.82) is 0 Å². The Balaban J connectivity index is 1.27. The van der Waals surface area contributed by atoms with Crippen LogP contribution in [0.2, 0.25) is 0 Å². The van der Waals surface area contributed by atoms with E-state index in [1.165, 1.54) is 24.3 Å². The molecule has 4 N–H and O–H groups in total. The third kappa shape index (κ3) is 4.63. The number of aromatic nitrogens is 6. The first-order valence-electron chi connectivity index (χ1n) is 8.93. The fourth-order valence-electron chi connectivity index (χ4n) is 2.60. The number of H-pyrrole nitrogens is 2. The van der Waals surface area contributed by atoms with Gasteiger partial charge in [0.05, 0.1) is 13.1 Å². The summed E-state index contributed by atoms with van der Waals surface area (Å²) in [6.45, 7) is 0.245. The standard InChI is InChI=1S/C19H16F2N8O/c20-13-5-1-11(2-6-13)17-24-15(26-28-17)9-22-19(30)23-10-16-25-18(29-27-16)12-3-7-14(21)8-4-12/h1-8H,9-10H2,(H2,22,23,30)(H,24,26,28)(H,25,27,29). The molecule has 0 aliphatic carbocycles. The summed E-state index contributed by atoms with van der Waals surface area (Å²) in [7, 11) is 0. The second-order valence-electron chi connectivity index (χ2n) is 6.26. The van der Waals surface area contributed by atoms with E-state index in [9.17, 15) is 13.6 Å². The summed E-state index contributed by atoms with van der Waals surface area (Å²) in [5.41, 5.74) is 1.32. The summed E-state index contributed by atoms with van der Waals surface area (Å²) in [5, 5.41) is 18.8. The van der Waals surface area contributed by atoms with E-state index in [2.05, 4.69) is 41.0 Å². The monoisotopic (exact) mass is 410 g/mol. The van der Waals surface area contributed by atoms with E-state index in [1.807, 2.05) is 0 Å². The van der Waals surface area contributed by atoms with Gasteiger partial charge in [0, 0.05) is 11.1 Å². The van der Waals surface area contributed by atoms with Crippen LogP contribution in [0.5, 0.6) is 0 Å². The number of nitrogens with one attached hydrogen (secondary N) is 4. The lowest BCUT2D eigenvalue weighted by Crippen LogP contribution is -2.35. The molecule has 9 nitrogen and oxygen atoms in total. The predicted molar refractivity (Wildman–Crippen MR) is 103 cm³/mol. The second kappa shape index (κ2) is 8.47. The molecule has 0 bridgehead atoms. The number of aromatic amines is 2. The summed E-state index contributed by atoms with van der Waals surface area (Å²) >= 11 is 0. The molecule has 0 spiro atoms. The molecule has 0 saturated carbocycles. The highest BCUT2D eigenvalue weighted by Gasteiger charge is 2.10. The molecule has 30 heavy (non-hydrogen) atoms. The number of carbonyl (C=O) groups is 1. The van der Waals surface area contributed by atoms with Crippen LogP contribution >= 0.6 is 0 Å². The Morgan fingerprint density at radius 3 is 1.53 bits per heavy atom. The van der Waals surface area contributed by atoms with Gasteiger partial charge in [-0.25, -0.2) is 23.5 Å². The molecular formula is C19H16F2N8O. The van der Waals surface area contributed by atoms with Gasteiger partial charge in [0.1, 0.15) is 23.3 Å². The second-order valence-corrected chi connectivity index (χ2v) is 6.26. The molecule has 11 heteroatoms. The maximum atomic E-state index is 13.0. The molecule has 0 radical (unpaired) electrons. The Morgan fingerprint density at radius 1 is 0.733 bits per heavy atom. The molecule has 2 aromatic carbocycles. The van der Waals surface area contributed by atoms with Crippen LogP contribution in [0.25, 0.3) is 22.8 Å². The van der Waals surface area contributed by atoms with Crippen molar-refractivity contribution in [3.8, 4) is 22.8 Å². The highest BCUT2D eigenvalue weighted by Crippen LogP contribution is 2.15. The van der Waals surface area contributed by atoms with E-state index in [1.54, 1.807) is 24.3 Å². The lowest BCUT2D eigenvalue weighted by atomic mass is 10.2. The number of halogens is 2. The number of carbonyl (C=O) groups excluding carboxylic acids is 1. The smallest absolute Gasteiger partial charge is 0.315 e. The van der Waals surface area contributed by atoms with E-state index in [-0.39, 0.29) is 24.7 Å². The minimum absolute atomic E-state index is 0.122. The van der Waals surface area contributed by atoms with E-state index in [0.29, 0.717) is 34.4 Å². The fourth-order valence-corrected chi connectivity index (χ4v) is 2.60. The summed E-state index contributed by atoms with van der Waals surface area (Å²) in [6, 6.07) is 11.1. The first-order chi connectivity index (χ1) is 14.6. The topological polar surface area (TPSA) is 124 Å². The highest BCUT2D eigenvalue weighted by molar-refractivity contribution is 5.73. The number of benzene rings is 2. The van der Waals surface area contributed by atoms with E-state index in [0.717, 1.165) is 0 Å². The van der Waals surface area contributed by atoms with Crippen LogP contribution in [0.15, 0.2) is 48.5 Å². The molecule has 4 rings (SSSR count). The van der Waals surface area contributed by atoms with Crippen LogP contribution in [0.4, 0.5) is 13.6 Å². The number of nitrogens with zero attached hydrogens (tertiary/aromatic N) is 4. The predicted octanol–water partition coefficient (Wildman–Crippen LogP) is 2.53. The molecule has 0 saturated heterocycles. The normalized spacial score (nSPS) is 10.7. The van der Waals surface area contributed by atoms with Crippen LogP contribution in [0, 0.1) is 11.6 Å². The van der Waals surface area contributed by atoms with Gasteiger partial charge in [-0.1, -0.05) is 0 Å². The largest absolute Gasteiger partial charge is 0.331 e. The Bertz CT molecular complexity index is 1050. The first-order valence-corrected chi connectivity index (χ1v) is 8.93. The number of amides is 2. The Morgan fingerprint density at radius 2 is 1.13 bits per heavy atom. The SMILES string of the molecule is O=C(NCc1nc(-c2ccc(F)cc2)n[nH]1)NCc1nc(-c2ccc(F)cc2)n[nH]1. The van der Waals surface area contributed by atoms with Gasteiger partial charge in [0.2, 0.25) is 0 Å². The molecule has 0 fully saturated rings. The molecular weight excluding hydrogens is 394 g/mol. The molecule has 2 aromatic heterocycles. The quantitative estimate of drug-likeness (QED) is 0.389. The number of urea groups is 1. The third-order valence-electron chi connectivity index (χ3n) is 4.10. The van der Waals surface area contributed by atoms with Crippen LogP contribution < -0.4 is 10.6 Å². The molecule has 0 atom stereocenters. The molecule has 0 aliphatic heterocycles. The van der Waals surface area contributed by atoms with Crippen LogP contribution in [0.3, 0.4) is 0 Å². The van der Waals surface area contributed by atoms with Gasteiger partial charge in [-0.2, -0.15) is 10.2 Å². The van der Waals surface area contributed by atoms with Gasteiger partial charge >= 0.3 is 6.03 Å². The van der Waals surface area contributed by atoms with Crippen LogP contribution in [-0.4, -0.2) is 36.4 Å². The van der Waals surface area contributed by atoms with Gasteiger partial charge in [-0.05, 0) is 48.5 Å². The zero-order valence-corrected chi connectivity index (χ0v) is 15.5. The van der Waals surface area contributed by atoms with Gasteiger partial charge in [-0.3, -0.25) is 10.2 Å². The Kier molecular flexibility index (Phi) is 5.42. The summed E-state index contributed by atoms with van der Waals surface area (Å²) < 4.78 is 26.0. The number of hydrogen-bond acceptors (Lipinski definition) is 5. The van der Waals surface area contributed by atoms with E-state index in [4.69, 9.17) is 0 Å². The van der Waals surface area contributed by atoms with Crippen molar-refractivity contribution in [3.05, 3.63) is 71.8 Å². The van der Waals surface area contributed by atoms with Crippen molar-refractivity contribution in [2.24, 2.45) is 0 Å². The molecule has 152 valence electrons. The van der Waals surface area contributed by atoms with Crippen molar-refractivity contribution in [3.63, 3.8) is 0 Å². The Hall–Kier alpha value is -4.15. The third-order valence-corrected chi connectivity index (χ3v) is 4.10. The van der Waals surface area contributed by atoms with Crippen LogP contribution in [-0.2, 0) is 13.1 Å². The molecule has 4 aromatic rings.